The van der Waals surface area contributed by atoms with E-state index < -0.39 is 0 Å². The number of amides is 2. The van der Waals surface area contributed by atoms with Crippen molar-refractivity contribution in [3.63, 3.8) is 0 Å². The van der Waals surface area contributed by atoms with E-state index >= 15 is 0 Å². The van der Waals surface area contributed by atoms with E-state index in [4.69, 9.17) is 0 Å². The Labute approximate surface area is 136 Å². The van der Waals surface area contributed by atoms with Crippen molar-refractivity contribution in [1.82, 2.24) is 10.2 Å². The molecule has 0 aliphatic heterocycles. The van der Waals surface area contributed by atoms with Gasteiger partial charge < -0.3 is 15.5 Å². The van der Waals surface area contributed by atoms with E-state index in [-0.39, 0.29) is 18.4 Å². The lowest BCUT2D eigenvalue weighted by atomic mass is 10.2. The first-order valence-corrected chi connectivity index (χ1v) is 7.42. The topological polar surface area (TPSA) is 61.4 Å². The van der Waals surface area contributed by atoms with Crippen LogP contribution in [-0.4, -0.2) is 37.4 Å². The van der Waals surface area contributed by atoms with E-state index in [2.05, 4.69) is 10.6 Å². The highest BCUT2D eigenvalue weighted by atomic mass is 16.2. The van der Waals surface area contributed by atoms with Crippen LogP contribution in [0.5, 0.6) is 0 Å². The van der Waals surface area contributed by atoms with Gasteiger partial charge in [-0.05, 0) is 23.8 Å². The molecule has 0 unspecified atom stereocenters. The molecule has 23 heavy (non-hydrogen) atoms. The Kier molecular flexibility index (Phi) is 5.74. The van der Waals surface area contributed by atoms with Gasteiger partial charge in [0.25, 0.3) is 5.91 Å². The summed E-state index contributed by atoms with van der Waals surface area (Å²) in [6.45, 7) is 0.660. The molecule has 0 aliphatic rings. The lowest BCUT2D eigenvalue weighted by Gasteiger charge is -2.12. The van der Waals surface area contributed by atoms with Crippen molar-refractivity contribution >= 4 is 17.5 Å². The molecule has 5 heteroatoms. The van der Waals surface area contributed by atoms with Gasteiger partial charge in [0, 0.05) is 31.9 Å². The molecule has 0 aromatic heterocycles. The van der Waals surface area contributed by atoms with Crippen molar-refractivity contribution in [2.75, 3.05) is 26.0 Å². The van der Waals surface area contributed by atoms with Crippen molar-refractivity contribution in [1.29, 1.82) is 0 Å². The van der Waals surface area contributed by atoms with Crippen LogP contribution >= 0.6 is 0 Å². The number of hydrogen-bond acceptors (Lipinski definition) is 3. The first kappa shape index (κ1) is 16.5. The fraction of sp³-hybridized carbons (Fsp3) is 0.222. The van der Waals surface area contributed by atoms with Gasteiger partial charge in [-0.3, -0.25) is 9.59 Å². The molecule has 0 atom stereocenters. The van der Waals surface area contributed by atoms with Gasteiger partial charge in [-0.2, -0.15) is 0 Å². The molecular formula is C18H21N3O2. The Morgan fingerprint density at radius 3 is 2.43 bits per heavy atom. The van der Waals surface area contributed by atoms with Crippen LogP contribution in [0.4, 0.5) is 5.69 Å². The summed E-state index contributed by atoms with van der Waals surface area (Å²) < 4.78 is 0. The number of anilines is 1. The molecule has 0 spiro atoms. The zero-order valence-electron chi connectivity index (χ0n) is 13.4. The number of carbonyl (C=O) groups is 2. The minimum atomic E-state index is -0.0989. The predicted octanol–water partition coefficient (Wildman–Crippen LogP) is 2.12. The van der Waals surface area contributed by atoms with Gasteiger partial charge in [0.1, 0.15) is 0 Å². The number of benzene rings is 2. The number of nitrogens with zero attached hydrogens (tertiary/aromatic N) is 1. The number of rotatable bonds is 6. The lowest BCUT2D eigenvalue weighted by Crippen LogP contribution is -2.29. The van der Waals surface area contributed by atoms with Crippen LogP contribution in [0, 0.1) is 0 Å². The molecule has 120 valence electrons. The molecule has 0 aliphatic carbocycles. The fourth-order valence-corrected chi connectivity index (χ4v) is 2.06. The molecule has 0 radical (unpaired) electrons. The molecule has 0 fully saturated rings. The van der Waals surface area contributed by atoms with Crippen molar-refractivity contribution < 1.29 is 9.59 Å². The van der Waals surface area contributed by atoms with E-state index in [1.807, 2.05) is 36.4 Å². The molecule has 2 aromatic carbocycles. The second-order valence-corrected chi connectivity index (χ2v) is 5.40. The molecule has 0 saturated carbocycles. The maximum absolute atomic E-state index is 11.9. The molecule has 0 heterocycles. The summed E-state index contributed by atoms with van der Waals surface area (Å²) in [5, 5.41) is 5.88. The van der Waals surface area contributed by atoms with Gasteiger partial charge in [-0.1, -0.05) is 36.4 Å². The summed E-state index contributed by atoms with van der Waals surface area (Å²) in [6, 6.07) is 16.9. The van der Waals surface area contributed by atoms with Crippen molar-refractivity contribution in [3.8, 4) is 0 Å². The quantitative estimate of drug-likeness (QED) is 0.859. The van der Waals surface area contributed by atoms with E-state index in [1.54, 1.807) is 32.3 Å². The highest BCUT2D eigenvalue weighted by Gasteiger charge is 2.08. The Balaban J connectivity index is 1.84. The van der Waals surface area contributed by atoms with Gasteiger partial charge in [-0.15, -0.1) is 0 Å². The third-order valence-electron chi connectivity index (χ3n) is 3.30. The standard InChI is InChI=1S/C18H21N3O2/c1-21(2)18(23)15-9-6-10-16(11-15)19-13-17(22)20-12-14-7-4-3-5-8-14/h3-11,19H,12-13H2,1-2H3,(H,20,22). The zero-order valence-corrected chi connectivity index (χ0v) is 13.4. The molecule has 2 amide bonds. The number of nitrogens with one attached hydrogen (secondary N) is 2. The summed E-state index contributed by atoms with van der Waals surface area (Å²) in [5.41, 5.74) is 2.39. The lowest BCUT2D eigenvalue weighted by molar-refractivity contribution is -0.119. The smallest absolute Gasteiger partial charge is 0.253 e. The Bertz CT molecular complexity index is 669. The Morgan fingerprint density at radius 1 is 1.00 bits per heavy atom. The molecule has 2 aromatic rings. The summed E-state index contributed by atoms with van der Waals surface area (Å²) in [6.07, 6.45) is 0. The van der Waals surface area contributed by atoms with Crippen molar-refractivity contribution in [2.24, 2.45) is 0 Å². The Morgan fingerprint density at radius 2 is 1.74 bits per heavy atom. The normalized spacial score (nSPS) is 10.0. The second-order valence-electron chi connectivity index (χ2n) is 5.40. The van der Waals surface area contributed by atoms with Gasteiger partial charge >= 0.3 is 0 Å². The fourth-order valence-electron chi connectivity index (χ4n) is 2.06. The van der Waals surface area contributed by atoms with Gasteiger partial charge in [0.2, 0.25) is 5.91 Å². The second kappa shape index (κ2) is 7.98. The van der Waals surface area contributed by atoms with Crippen LogP contribution in [0.25, 0.3) is 0 Å². The van der Waals surface area contributed by atoms with Crippen LogP contribution < -0.4 is 10.6 Å². The first-order chi connectivity index (χ1) is 11.1. The van der Waals surface area contributed by atoms with Crippen LogP contribution in [-0.2, 0) is 11.3 Å². The molecule has 0 saturated heterocycles. The van der Waals surface area contributed by atoms with Crippen molar-refractivity contribution in [2.45, 2.75) is 6.54 Å². The molecule has 2 rings (SSSR count). The molecule has 2 N–H and O–H groups in total. The summed E-state index contributed by atoms with van der Waals surface area (Å²) >= 11 is 0. The monoisotopic (exact) mass is 311 g/mol. The van der Waals surface area contributed by atoms with Crippen LogP contribution in [0.3, 0.4) is 0 Å². The van der Waals surface area contributed by atoms with Crippen LogP contribution in [0.1, 0.15) is 15.9 Å². The van der Waals surface area contributed by atoms with Gasteiger partial charge in [0.05, 0.1) is 6.54 Å². The Hall–Kier alpha value is -2.82. The molecule has 0 bridgehead atoms. The maximum atomic E-state index is 11.9. The van der Waals surface area contributed by atoms with E-state index in [9.17, 15) is 9.59 Å². The SMILES string of the molecule is CN(C)C(=O)c1cccc(NCC(=O)NCc2ccccc2)c1. The van der Waals surface area contributed by atoms with Crippen molar-refractivity contribution in [3.05, 3.63) is 65.7 Å². The van der Waals surface area contributed by atoms with Crippen LogP contribution in [0.15, 0.2) is 54.6 Å². The summed E-state index contributed by atoms with van der Waals surface area (Å²) in [7, 11) is 3.42. The van der Waals surface area contributed by atoms with Gasteiger partial charge in [0.15, 0.2) is 0 Å². The maximum Gasteiger partial charge on any atom is 0.253 e. The first-order valence-electron chi connectivity index (χ1n) is 7.42. The zero-order chi connectivity index (χ0) is 16.7. The minimum Gasteiger partial charge on any atom is -0.376 e. The molecule has 5 nitrogen and oxygen atoms in total. The van der Waals surface area contributed by atoms with Crippen LogP contribution in [0.2, 0.25) is 0 Å². The third kappa shape index (κ3) is 5.14. The van der Waals surface area contributed by atoms with E-state index in [1.165, 1.54) is 4.90 Å². The molecular weight excluding hydrogens is 290 g/mol. The predicted molar refractivity (Wildman–Crippen MR) is 91.2 cm³/mol. The summed E-state index contributed by atoms with van der Waals surface area (Å²) in [5.74, 6) is -0.166. The highest BCUT2D eigenvalue weighted by molar-refractivity contribution is 5.95. The largest absolute Gasteiger partial charge is 0.376 e. The van der Waals surface area contributed by atoms with E-state index in [0.29, 0.717) is 12.1 Å². The third-order valence-corrected chi connectivity index (χ3v) is 3.30. The highest BCUT2D eigenvalue weighted by Crippen LogP contribution is 2.11. The average molecular weight is 311 g/mol. The average Bonchev–Trinajstić information content (AvgIpc) is 2.58. The summed E-state index contributed by atoms with van der Waals surface area (Å²) in [4.78, 5) is 25.3. The number of carbonyl (C=O) groups excluding carboxylic acids is 2. The van der Waals surface area contributed by atoms with Gasteiger partial charge in [-0.25, -0.2) is 0 Å². The number of hydrogen-bond donors (Lipinski definition) is 2. The minimum absolute atomic E-state index is 0.0674. The van der Waals surface area contributed by atoms with E-state index in [0.717, 1.165) is 11.3 Å².